The molecule has 0 amide bonds. The van der Waals surface area contributed by atoms with E-state index in [4.69, 9.17) is 18.9 Å². The van der Waals surface area contributed by atoms with Crippen molar-refractivity contribution in [3.63, 3.8) is 0 Å². The van der Waals surface area contributed by atoms with Gasteiger partial charge in [-0.2, -0.15) is 0 Å². The lowest BCUT2D eigenvalue weighted by Crippen LogP contribution is -2.25. The molecule has 3 aromatic rings. The van der Waals surface area contributed by atoms with Crippen LogP contribution in [0.1, 0.15) is 30.5 Å². The van der Waals surface area contributed by atoms with Crippen LogP contribution < -0.4 is 4.74 Å². The van der Waals surface area contributed by atoms with Crippen molar-refractivity contribution in [2.75, 3.05) is 13.2 Å². The van der Waals surface area contributed by atoms with Gasteiger partial charge in [-0.3, -0.25) is 0 Å². The summed E-state index contributed by atoms with van der Waals surface area (Å²) in [5.74, 6) is -1.32. The van der Waals surface area contributed by atoms with Crippen molar-refractivity contribution in [2.24, 2.45) is 7.05 Å². The van der Waals surface area contributed by atoms with E-state index in [1.807, 2.05) is 68.9 Å². The molecule has 1 aromatic heterocycles. The van der Waals surface area contributed by atoms with Gasteiger partial charge in [0.05, 0.1) is 17.8 Å². The molecule has 7 nitrogen and oxygen atoms in total. The molecule has 3 heterocycles. The molecule has 2 aliphatic rings. The molecule has 0 N–H and O–H groups in total. The minimum Gasteiger partial charge on any atom is -0.490 e. The molecule has 0 bridgehead atoms. The lowest BCUT2D eigenvalue weighted by molar-refractivity contribution is -0.149. The van der Waals surface area contributed by atoms with Crippen molar-refractivity contribution < 1.29 is 28.5 Å². The molecule has 33 heavy (non-hydrogen) atoms. The number of ether oxygens (including phenoxy) is 4. The number of hydrogen-bond acceptors (Lipinski definition) is 6. The van der Waals surface area contributed by atoms with Gasteiger partial charge in [0, 0.05) is 29.7 Å². The first-order valence-electron chi connectivity index (χ1n) is 10.8. The van der Waals surface area contributed by atoms with Crippen LogP contribution in [-0.2, 0) is 30.8 Å². The number of para-hydroxylation sites is 1. The fraction of sp³-hybridized carbons (Fsp3) is 0.308. The standard InChI is InChI=1S/C26H25NO6/c1-15-17(9-7-11-21(15)30-13-16-14-31-26(2,3)33-16)22-23(25(29)32-24(22)28)19-12-27(4)20-10-6-5-8-18(19)20/h5-12,16H,13-14H2,1-4H3/t16-/m1/s1. The number of carbonyl (C=O) groups excluding carboxylic acids is 2. The fourth-order valence-corrected chi connectivity index (χ4v) is 4.49. The third-order valence-electron chi connectivity index (χ3n) is 6.06. The van der Waals surface area contributed by atoms with Crippen molar-refractivity contribution in [1.82, 2.24) is 4.57 Å². The Morgan fingerprint density at radius 3 is 2.48 bits per heavy atom. The lowest BCUT2D eigenvalue weighted by Gasteiger charge is -2.18. The van der Waals surface area contributed by atoms with Gasteiger partial charge in [-0.1, -0.05) is 30.3 Å². The molecule has 5 rings (SSSR count). The van der Waals surface area contributed by atoms with Gasteiger partial charge in [0.1, 0.15) is 18.5 Å². The Hall–Kier alpha value is -3.42. The number of nitrogens with zero attached hydrogens (tertiary/aromatic N) is 1. The minimum absolute atomic E-state index is 0.188. The zero-order valence-electron chi connectivity index (χ0n) is 19.0. The van der Waals surface area contributed by atoms with Gasteiger partial charge >= 0.3 is 11.9 Å². The smallest absolute Gasteiger partial charge is 0.347 e. The molecule has 1 saturated heterocycles. The van der Waals surface area contributed by atoms with E-state index in [9.17, 15) is 9.59 Å². The van der Waals surface area contributed by atoms with Gasteiger partial charge in [0.2, 0.25) is 0 Å². The van der Waals surface area contributed by atoms with Crippen molar-refractivity contribution in [2.45, 2.75) is 32.7 Å². The summed E-state index contributed by atoms with van der Waals surface area (Å²) in [6.45, 7) is 6.35. The normalized spacial score (nSPS) is 20.1. The van der Waals surface area contributed by atoms with E-state index in [0.717, 1.165) is 16.5 Å². The Bertz CT molecular complexity index is 1320. The molecule has 1 fully saturated rings. The average Bonchev–Trinajstić information content (AvgIpc) is 3.39. The van der Waals surface area contributed by atoms with Crippen LogP contribution in [-0.4, -0.2) is 41.6 Å². The van der Waals surface area contributed by atoms with E-state index >= 15 is 0 Å². The molecule has 1 atom stereocenters. The monoisotopic (exact) mass is 447 g/mol. The summed E-state index contributed by atoms with van der Waals surface area (Å²) >= 11 is 0. The number of carbonyl (C=O) groups is 2. The summed E-state index contributed by atoms with van der Waals surface area (Å²) in [7, 11) is 1.91. The molecular weight excluding hydrogens is 422 g/mol. The van der Waals surface area contributed by atoms with Crippen molar-refractivity contribution in [3.05, 3.63) is 65.4 Å². The Labute approximate surface area is 191 Å². The highest BCUT2D eigenvalue weighted by Gasteiger charge is 2.37. The third-order valence-corrected chi connectivity index (χ3v) is 6.06. The highest BCUT2D eigenvalue weighted by molar-refractivity contribution is 6.46. The lowest BCUT2D eigenvalue weighted by atomic mass is 9.93. The Balaban J connectivity index is 1.55. The number of aryl methyl sites for hydroxylation is 1. The van der Waals surface area contributed by atoms with Crippen molar-refractivity contribution in [1.29, 1.82) is 0 Å². The van der Waals surface area contributed by atoms with Gasteiger partial charge in [-0.05, 0) is 44.0 Å². The first kappa shape index (κ1) is 21.4. The predicted molar refractivity (Wildman–Crippen MR) is 122 cm³/mol. The second kappa shape index (κ2) is 7.86. The molecule has 2 aromatic carbocycles. The average molecular weight is 447 g/mol. The largest absolute Gasteiger partial charge is 0.490 e. The van der Waals surface area contributed by atoms with E-state index in [-0.39, 0.29) is 17.3 Å². The van der Waals surface area contributed by atoms with Crippen LogP contribution in [0.2, 0.25) is 0 Å². The zero-order chi connectivity index (χ0) is 23.3. The van der Waals surface area contributed by atoms with Gasteiger partial charge in [-0.15, -0.1) is 0 Å². The van der Waals surface area contributed by atoms with Crippen LogP contribution in [0.5, 0.6) is 5.75 Å². The van der Waals surface area contributed by atoms with Gasteiger partial charge in [0.25, 0.3) is 0 Å². The number of fused-ring (bicyclic) bond motifs is 1. The Kier molecular flexibility index (Phi) is 5.11. The van der Waals surface area contributed by atoms with Crippen molar-refractivity contribution >= 4 is 34.0 Å². The second-order valence-corrected chi connectivity index (χ2v) is 8.79. The zero-order valence-corrected chi connectivity index (χ0v) is 19.0. The number of cyclic esters (lactones) is 2. The molecule has 7 heteroatoms. The number of hydrogen-bond donors (Lipinski definition) is 0. The number of esters is 2. The minimum atomic E-state index is -0.655. The highest BCUT2D eigenvalue weighted by atomic mass is 16.7. The quantitative estimate of drug-likeness (QED) is 0.435. The highest BCUT2D eigenvalue weighted by Crippen LogP contribution is 2.40. The summed E-state index contributed by atoms with van der Waals surface area (Å²) in [6.07, 6.45) is 1.67. The number of rotatable bonds is 5. The van der Waals surface area contributed by atoms with Gasteiger partial charge in [0.15, 0.2) is 5.79 Å². The van der Waals surface area contributed by atoms with Crippen LogP contribution in [0.3, 0.4) is 0 Å². The summed E-state index contributed by atoms with van der Waals surface area (Å²) in [5.41, 5.74) is 3.50. The van der Waals surface area contributed by atoms with Crippen LogP contribution in [0.15, 0.2) is 48.7 Å². The summed E-state index contributed by atoms with van der Waals surface area (Å²) in [6, 6.07) is 13.2. The summed E-state index contributed by atoms with van der Waals surface area (Å²) in [5, 5.41) is 0.880. The molecule has 170 valence electrons. The van der Waals surface area contributed by atoms with E-state index in [1.54, 1.807) is 12.1 Å². The third kappa shape index (κ3) is 3.73. The van der Waals surface area contributed by atoms with Crippen LogP contribution in [0, 0.1) is 6.92 Å². The van der Waals surface area contributed by atoms with Gasteiger partial charge < -0.3 is 23.5 Å². The fourth-order valence-electron chi connectivity index (χ4n) is 4.49. The molecular formula is C26H25NO6. The molecule has 0 unspecified atom stereocenters. The van der Waals surface area contributed by atoms with Crippen LogP contribution in [0.4, 0.5) is 0 Å². The Morgan fingerprint density at radius 1 is 1.03 bits per heavy atom. The van der Waals surface area contributed by atoms with E-state index in [0.29, 0.717) is 30.1 Å². The van der Waals surface area contributed by atoms with E-state index in [1.165, 1.54) is 0 Å². The maximum Gasteiger partial charge on any atom is 0.347 e. The summed E-state index contributed by atoms with van der Waals surface area (Å²) in [4.78, 5) is 25.6. The van der Waals surface area contributed by atoms with E-state index < -0.39 is 17.7 Å². The maximum absolute atomic E-state index is 12.8. The predicted octanol–water partition coefficient (Wildman–Crippen LogP) is 4.01. The maximum atomic E-state index is 12.8. The summed E-state index contributed by atoms with van der Waals surface area (Å²) < 4.78 is 24.4. The Morgan fingerprint density at radius 2 is 1.76 bits per heavy atom. The first-order valence-corrected chi connectivity index (χ1v) is 10.8. The van der Waals surface area contributed by atoms with Crippen LogP contribution >= 0.6 is 0 Å². The number of aromatic nitrogens is 1. The van der Waals surface area contributed by atoms with Crippen LogP contribution in [0.25, 0.3) is 22.0 Å². The molecule has 2 aliphatic heterocycles. The first-order chi connectivity index (χ1) is 15.7. The topological polar surface area (TPSA) is 76.0 Å². The molecule has 0 saturated carbocycles. The number of benzene rings is 2. The molecule has 0 spiro atoms. The van der Waals surface area contributed by atoms with Crippen molar-refractivity contribution in [3.8, 4) is 5.75 Å². The van der Waals surface area contributed by atoms with E-state index in [2.05, 4.69) is 0 Å². The molecule has 0 radical (unpaired) electrons. The second-order valence-electron chi connectivity index (χ2n) is 8.79. The van der Waals surface area contributed by atoms with Gasteiger partial charge in [-0.25, -0.2) is 9.59 Å². The molecule has 0 aliphatic carbocycles. The SMILES string of the molecule is Cc1c(OC[C@@H]2COC(C)(C)O2)cccc1C1=C(c2cn(C)c3ccccc23)C(=O)OC1=O.